The van der Waals surface area contributed by atoms with Crippen molar-refractivity contribution in [1.29, 1.82) is 0 Å². The summed E-state index contributed by atoms with van der Waals surface area (Å²) < 4.78 is 10.5. The average Bonchev–Trinajstić information content (AvgIpc) is 2.79. The fraction of sp³-hybridized carbons (Fsp3) is 0.192. The smallest absolute Gasteiger partial charge is 0.331 e. The predicted octanol–water partition coefficient (Wildman–Crippen LogP) is 4.00. The van der Waals surface area contributed by atoms with Gasteiger partial charge in [0.15, 0.2) is 0 Å². The number of rotatable bonds is 7. The molecule has 0 fully saturated rings. The summed E-state index contributed by atoms with van der Waals surface area (Å²) in [7, 11) is 0. The molecule has 31 heavy (non-hydrogen) atoms. The number of allylic oxidation sites excluding steroid dienone is 5. The van der Waals surface area contributed by atoms with E-state index < -0.39 is 12.9 Å². The van der Waals surface area contributed by atoms with Gasteiger partial charge in [-0.2, -0.15) is 0 Å². The lowest BCUT2D eigenvalue weighted by Gasteiger charge is -2.35. The summed E-state index contributed by atoms with van der Waals surface area (Å²) in [6, 6.07) is 20.0. The molecule has 160 valence electrons. The van der Waals surface area contributed by atoms with Gasteiger partial charge in [-0.3, -0.25) is 0 Å². The number of hydrogen-bond donors (Lipinski definition) is 0. The summed E-state index contributed by atoms with van der Waals surface area (Å²) >= 11 is 0. The molecule has 4 nitrogen and oxygen atoms in total. The molecule has 0 aromatic heterocycles. The van der Waals surface area contributed by atoms with Crippen molar-refractivity contribution >= 4 is 35.2 Å². The fourth-order valence-corrected chi connectivity index (χ4v) is 7.90. The minimum Gasteiger partial charge on any atom is -0.463 e. The first-order valence-corrected chi connectivity index (χ1v) is 12.3. The van der Waals surface area contributed by atoms with Crippen LogP contribution >= 0.6 is 6.89 Å². The molecule has 0 spiro atoms. The molecule has 0 bridgehead atoms. The summed E-state index contributed by atoms with van der Waals surface area (Å²) in [5.74, 6) is 0.994. The molecular weight excluding hydrogens is 407 g/mol. The lowest BCUT2D eigenvalue weighted by atomic mass is 10.1. The molecule has 3 rings (SSSR count). The molecule has 0 saturated heterocycles. The second kappa shape index (κ2) is 10.8. The standard InChI is InChI=1S/C26H27O4P/c1-3-29-25(27)19-21-13-11-12-18-24(21)31(20-26(28)30-4-2,22-14-7-5-8-15-22)23-16-9-6-10-17-23/h5-20,24H,3-4H2,1-2H3. The molecule has 0 N–H and O–H groups in total. The lowest BCUT2D eigenvalue weighted by molar-refractivity contribution is -0.137. The highest BCUT2D eigenvalue weighted by Gasteiger charge is 2.34. The van der Waals surface area contributed by atoms with E-state index in [1.54, 1.807) is 19.6 Å². The summed E-state index contributed by atoms with van der Waals surface area (Å²) in [4.78, 5) is 25.2. The SMILES string of the molecule is CCOC(=O)C=C1C=CC=CC1P(=CC(=O)OCC)(c1ccccc1)c1ccccc1. The van der Waals surface area contributed by atoms with Crippen LogP contribution in [0.25, 0.3) is 0 Å². The van der Waals surface area contributed by atoms with Crippen LogP contribution in [0.1, 0.15) is 13.8 Å². The molecule has 1 unspecified atom stereocenters. The summed E-state index contributed by atoms with van der Waals surface area (Å²) in [5.41, 5.74) is 0.596. The first kappa shape index (κ1) is 22.6. The first-order chi connectivity index (χ1) is 15.1. The minimum atomic E-state index is -2.51. The highest BCUT2D eigenvalue weighted by Crippen LogP contribution is 2.54. The Morgan fingerprint density at radius 3 is 1.94 bits per heavy atom. The Balaban J connectivity index is 2.34. The molecule has 0 aliphatic heterocycles. The Morgan fingerprint density at radius 2 is 1.39 bits per heavy atom. The number of benzene rings is 2. The topological polar surface area (TPSA) is 52.6 Å². The molecule has 0 saturated carbocycles. The van der Waals surface area contributed by atoms with Crippen LogP contribution in [-0.2, 0) is 19.1 Å². The van der Waals surface area contributed by atoms with Gasteiger partial charge in [0.05, 0.1) is 13.2 Å². The number of hydrogen-bond acceptors (Lipinski definition) is 4. The fourth-order valence-electron chi connectivity index (χ4n) is 3.76. The van der Waals surface area contributed by atoms with Crippen molar-refractivity contribution in [1.82, 2.24) is 0 Å². The zero-order chi connectivity index (χ0) is 22.1. The Bertz CT molecular complexity index is 1010. The second-order valence-corrected chi connectivity index (χ2v) is 10.3. The molecule has 2 aromatic rings. The Labute approximate surface area is 183 Å². The maximum Gasteiger partial charge on any atom is 0.331 e. The van der Waals surface area contributed by atoms with E-state index >= 15 is 0 Å². The van der Waals surface area contributed by atoms with Crippen molar-refractivity contribution in [3.63, 3.8) is 0 Å². The largest absolute Gasteiger partial charge is 0.463 e. The maximum absolute atomic E-state index is 12.9. The highest BCUT2D eigenvalue weighted by molar-refractivity contribution is 7.90. The van der Waals surface area contributed by atoms with E-state index in [4.69, 9.17) is 9.47 Å². The molecule has 0 amide bonds. The van der Waals surface area contributed by atoms with Crippen molar-refractivity contribution in [2.75, 3.05) is 13.2 Å². The van der Waals surface area contributed by atoms with Crippen LogP contribution in [0, 0.1) is 0 Å². The van der Waals surface area contributed by atoms with E-state index in [0.717, 1.165) is 16.2 Å². The van der Waals surface area contributed by atoms with Crippen LogP contribution in [0.15, 0.2) is 96.6 Å². The van der Waals surface area contributed by atoms with E-state index in [1.807, 2.05) is 78.9 Å². The minimum absolute atomic E-state index is 0.212. The molecule has 2 aromatic carbocycles. The second-order valence-electron chi connectivity index (χ2n) is 6.91. The third kappa shape index (κ3) is 5.15. The van der Waals surface area contributed by atoms with Crippen molar-refractivity contribution in [2.45, 2.75) is 19.5 Å². The van der Waals surface area contributed by atoms with Gasteiger partial charge in [-0.1, -0.05) is 85.0 Å². The van der Waals surface area contributed by atoms with Gasteiger partial charge in [0, 0.05) is 17.5 Å². The molecule has 1 aliphatic carbocycles. The van der Waals surface area contributed by atoms with Gasteiger partial charge in [-0.25, -0.2) is 9.59 Å². The van der Waals surface area contributed by atoms with Crippen LogP contribution in [0.4, 0.5) is 0 Å². The summed E-state index contributed by atoms with van der Waals surface area (Å²) in [6.07, 6.45) is 9.38. The zero-order valence-electron chi connectivity index (χ0n) is 17.8. The van der Waals surface area contributed by atoms with Gasteiger partial charge >= 0.3 is 11.9 Å². The van der Waals surface area contributed by atoms with Crippen molar-refractivity contribution < 1.29 is 19.1 Å². The van der Waals surface area contributed by atoms with Gasteiger partial charge in [0.2, 0.25) is 0 Å². The quantitative estimate of drug-likeness (QED) is 0.376. The van der Waals surface area contributed by atoms with Crippen LogP contribution in [0.3, 0.4) is 0 Å². The Kier molecular flexibility index (Phi) is 7.86. The Morgan fingerprint density at radius 1 is 0.839 bits per heavy atom. The van der Waals surface area contributed by atoms with Crippen LogP contribution in [-0.4, -0.2) is 36.6 Å². The molecule has 1 aliphatic rings. The molecule has 1 atom stereocenters. The number of esters is 2. The monoisotopic (exact) mass is 434 g/mol. The van der Waals surface area contributed by atoms with Crippen molar-refractivity contribution in [2.24, 2.45) is 0 Å². The van der Waals surface area contributed by atoms with E-state index in [2.05, 4.69) is 6.08 Å². The van der Waals surface area contributed by atoms with Gasteiger partial charge in [0.1, 0.15) is 0 Å². The zero-order valence-corrected chi connectivity index (χ0v) is 18.7. The van der Waals surface area contributed by atoms with E-state index in [-0.39, 0.29) is 11.6 Å². The number of carbonyl (C=O) groups excluding carboxylic acids is 2. The molecule has 5 heteroatoms. The van der Waals surface area contributed by atoms with Crippen LogP contribution in [0.5, 0.6) is 0 Å². The summed E-state index contributed by atoms with van der Waals surface area (Å²) in [5, 5.41) is 2.07. The van der Waals surface area contributed by atoms with Crippen molar-refractivity contribution in [3.8, 4) is 0 Å². The highest BCUT2D eigenvalue weighted by atomic mass is 31.2. The first-order valence-electron chi connectivity index (χ1n) is 10.4. The van der Waals surface area contributed by atoms with E-state index in [9.17, 15) is 9.59 Å². The van der Waals surface area contributed by atoms with Gasteiger partial charge in [0.25, 0.3) is 0 Å². The normalized spacial score (nSPS) is 16.7. The third-order valence-electron chi connectivity index (χ3n) is 5.01. The van der Waals surface area contributed by atoms with Gasteiger partial charge in [-0.15, -0.1) is 0 Å². The summed E-state index contributed by atoms with van der Waals surface area (Å²) in [6.45, 7) is 1.67. The molecule has 0 heterocycles. The van der Waals surface area contributed by atoms with E-state index in [0.29, 0.717) is 13.2 Å². The Hall–Kier alpha value is -3.10. The number of carbonyl (C=O) groups is 2. The number of ether oxygens (including phenoxy) is 2. The van der Waals surface area contributed by atoms with Gasteiger partial charge in [-0.05, 0) is 36.9 Å². The third-order valence-corrected chi connectivity index (χ3v) is 9.28. The molecular formula is C26H27O4P. The average molecular weight is 434 g/mol. The van der Waals surface area contributed by atoms with E-state index in [1.165, 1.54) is 6.08 Å². The lowest BCUT2D eigenvalue weighted by Crippen LogP contribution is -2.30. The predicted molar refractivity (Wildman–Crippen MR) is 129 cm³/mol. The van der Waals surface area contributed by atoms with Gasteiger partial charge < -0.3 is 9.47 Å². The van der Waals surface area contributed by atoms with Crippen molar-refractivity contribution in [3.05, 3.63) is 96.6 Å². The van der Waals surface area contributed by atoms with Crippen LogP contribution in [0.2, 0.25) is 0 Å². The molecule has 0 radical (unpaired) electrons. The maximum atomic E-state index is 12.9. The van der Waals surface area contributed by atoms with Crippen LogP contribution < -0.4 is 10.6 Å².